The second-order valence-corrected chi connectivity index (χ2v) is 4.98. The molecule has 1 saturated heterocycles. The first-order chi connectivity index (χ1) is 9.16. The SMILES string of the molecule is CC(N)CC(=O)N1CCCN(c2cccnn2)CC1.Cl. The third-order valence-electron chi connectivity index (χ3n) is 3.23. The second kappa shape index (κ2) is 8.01. The van der Waals surface area contributed by atoms with Crippen LogP contribution in [0.1, 0.15) is 19.8 Å². The summed E-state index contributed by atoms with van der Waals surface area (Å²) >= 11 is 0. The van der Waals surface area contributed by atoms with Crippen LogP contribution in [0.5, 0.6) is 0 Å². The van der Waals surface area contributed by atoms with Crippen molar-refractivity contribution in [3.63, 3.8) is 0 Å². The lowest BCUT2D eigenvalue weighted by molar-refractivity contribution is -0.131. The van der Waals surface area contributed by atoms with Crippen molar-refractivity contribution in [2.45, 2.75) is 25.8 Å². The summed E-state index contributed by atoms with van der Waals surface area (Å²) in [7, 11) is 0. The topological polar surface area (TPSA) is 75.4 Å². The van der Waals surface area contributed by atoms with Crippen LogP contribution < -0.4 is 10.6 Å². The Morgan fingerprint density at radius 3 is 2.85 bits per heavy atom. The molecule has 7 heteroatoms. The van der Waals surface area contributed by atoms with Gasteiger partial charge in [0.1, 0.15) is 0 Å². The fraction of sp³-hybridized carbons (Fsp3) is 0.615. The summed E-state index contributed by atoms with van der Waals surface area (Å²) in [5, 5.41) is 8.01. The highest BCUT2D eigenvalue weighted by atomic mass is 35.5. The van der Waals surface area contributed by atoms with E-state index in [2.05, 4.69) is 15.1 Å². The number of hydrogen-bond donors (Lipinski definition) is 1. The van der Waals surface area contributed by atoms with Gasteiger partial charge in [0.25, 0.3) is 0 Å². The van der Waals surface area contributed by atoms with Gasteiger partial charge in [0.2, 0.25) is 5.91 Å². The molecule has 20 heavy (non-hydrogen) atoms. The largest absolute Gasteiger partial charge is 0.353 e. The Hall–Kier alpha value is -1.40. The Labute approximate surface area is 125 Å². The average Bonchev–Trinajstić information content (AvgIpc) is 2.64. The van der Waals surface area contributed by atoms with Crippen molar-refractivity contribution < 1.29 is 4.79 Å². The monoisotopic (exact) mass is 299 g/mol. The first-order valence-corrected chi connectivity index (χ1v) is 6.73. The number of carbonyl (C=O) groups excluding carboxylic acids is 1. The Kier molecular flexibility index (Phi) is 6.67. The molecule has 1 fully saturated rings. The molecule has 1 atom stereocenters. The van der Waals surface area contributed by atoms with Crippen LogP contribution in [0.2, 0.25) is 0 Å². The van der Waals surface area contributed by atoms with Crippen LogP contribution in [-0.2, 0) is 4.79 Å². The molecule has 2 N–H and O–H groups in total. The van der Waals surface area contributed by atoms with E-state index >= 15 is 0 Å². The molecule has 112 valence electrons. The zero-order valence-electron chi connectivity index (χ0n) is 11.7. The highest BCUT2D eigenvalue weighted by Crippen LogP contribution is 2.12. The number of nitrogens with zero attached hydrogens (tertiary/aromatic N) is 4. The van der Waals surface area contributed by atoms with Gasteiger partial charge in [-0.3, -0.25) is 4.79 Å². The molecule has 6 nitrogen and oxygen atoms in total. The maximum Gasteiger partial charge on any atom is 0.224 e. The fourth-order valence-corrected chi connectivity index (χ4v) is 2.26. The molecule has 0 bridgehead atoms. The van der Waals surface area contributed by atoms with E-state index in [-0.39, 0.29) is 24.4 Å². The number of amides is 1. The summed E-state index contributed by atoms with van der Waals surface area (Å²) in [6, 6.07) is 3.76. The van der Waals surface area contributed by atoms with Crippen molar-refractivity contribution in [1.82, 2.24) is 15.1 Å². The first-order valence-electron chi connectivity index (χ1n) is 6.73. The normalized spacial score (nSPS) is 17.1. The predicted molar refractivity (Wildman–Crippen MR) is 81.0 cm³/mol. The van der Waals surface area contributed by atoms with Gasteiger partial charge in [-0.1, -0.05) is 0 Å². The van der Waals surface area contributed by atoms with Gasteiger partial charge in [-0.2, -0.15) is 5.10 Å². The van der Waals surface area contributed by atoms with Crippen molar-refractivity contribution in [3.05, 3.63) is 18.3 Å². The van der Waals surface area contributed by atoms with Crippen LogP contribution in [0.4, 0.5) is 5.82 Å². The van der Waals surface area contributed by atoms with Gasteiger partial charge in [0, 0.05) is 44.8 Å². The number of carbonyl (C=O) groups is 1. The van der Waals surface area contributed by atoms with E-state index in [1.807, 2.05) is 24.0 Å². The standard InChI is InChI=1S/C13H21N5O.ClH/c1-11(14)10-13(19)18-7-3-6-17(8-9-18)12-4-2-5-15-16-12;/h2,4-5,11H,3,6-10,14H2,1H3;1H. The minimum absolute atomic E-state index is 0. The van der Waals surface area contributed by atoms with Crippen LogP contribution in [0.15, 0.2) is 18.3 Å². The summed E-state index contributed by atoms with van der Waals surface area (Å²) in [5.74, 6) is 1.03. The van der Waals surface area contributed by atoms with Crippen LogP contribution >= 0.6 is 12.4 Å². The quantitative estimate of drug-likeness (QED) is 0.888. The van der Waals surface area contributed by atoms with Crippen molar-refractivity contribution in [2.24, 2.45) is 5.73 Å². The van der Waals surface area contributed by atoms with Crippen molar-refractivity contribution in [2.75, 3.05) is 31.1 Å². The molecule has 2 heterocycles. The molecule has 1 aliphatic heterocycles. The maximum atomic E-state index is 12.0. The molecule has 1 aromatic heterocycles. The van der Waals surface area contributed by atoms with Crippen LogP contribution in [-0.4, -0.2) is 53.2 Å². The molecule has 1 unspecified atom stereocenters. The van der Waals surface area contributed by atoms with Crippen molar-refractivity contribution in [1.29, 1.82) is 0 Å². The van der Waals surface area contributed by atoms with Crippen LogP contribution in [0, 0.1) is 0 Å². The van der Waals surface area contributed by atoms with Crippen molar-refractivity contribution in [3.8, 4) is 0 Å². The molecule has 0 radical (unpaired) electrons. The van der Waals surface area contributed by atoms with E-state index in [4.69, 9.17) is 5.73 Å². The van der Waals surface area contributed by atoms with Gasteiger partial charge in [-0.05, 0) is 25.5 Å². The molecule has 0 spiro atoms. The van der Waals surface area contributed by atoms with Gasteiger partial charge in [-0.15, -0.1) is 17.5 Å². The number of rotatable bonds is 3. The van der Waals surface area contributed by atoms with E-state index in [0.717, 1.165) is 38.4 Å². The van der Waals surface area contributed by atoms with Crippen molar-refractivity contribution >= 4 is 24.1 Å². The first kappa shape index (κ1) is 16.7. The number of hydrogen-bond acceptors (Lipinski definition) is 5. The minimum atomic E-state index is -0.0770. The highest BCUT2D eigenvalue weighted by Gasteiger charge is 2.20. The number of nitrogens with two attached hydrogens (primary N) is 1. The summed E-state index contributed by atoms with van der Waals surface area (Å²) in [4.78, 5) is 16.1. The second-order valence-electron chi connectivity index (χ2n) is 4.98. The van der Waals surface area contributed by atoms with E-state index in [9.17, 15) is 4.79 Å². The van der Waals surface area contributed by atoms with Gasteiger partial charge >= 0.3 is 0 Å². The molecule has 0 saturated carbocycles. The summed E-state index contributed by atoms with van der Waals surface area (Å²) in [6.45, 7) is 5.08. The van der Waals surface area contributed by atoms with Gasteiger partial charge in [0.15, 0.2) is 5.82 Å². The molecule has 0 aliphatic carbocycles. The van der Waals surface area contributed by atoms with Gasteiger partial charge < -0.3 is 15.5 Å². The lowest BCUT2D eigenvalue weighted by atomic mass is 10.2. The molecular weight excluding hydrogens is 278 g/mol. The van der Waals surface area contributed by atoms with E-state index in [1.165, 1.54) is 0 Å². The summed E-state index contributed by atoms with van der Waals surface area (Å²) in [6.07, 6.45) is 3.03. The zero-order chi connectivity index (χ0) is 13.7. The molecule has 1 aromatic rings. The third-order valence-corrected chi connectivity index (χ3v) is 3.23. The summed E-state index contributed by atoms with van der Waals surface area (Å²) in [5.41, 5.74) is 5.68. The molecular formula is C13H22ClN5O. The number of anilines is 1. The minimum Gasteiger partial charge on any atom is -0.353 e. The van der Waals surface area contributed by atoms with Gasteiger partial charge in [-0.25, -0.2) is 0 Å². The highest BCUT2D eigenvalue weighted by molar-refractivity contribution is 5.85. The zero-order valence-corrected chi connectivity index (χ0v) is 12.6. The van der Waals surface area contributed by atoms with Crippen LogP contribution in [0.3, 0.4) is 0 Å². The third kappa shape index (κ3) is 4.61. The Morgan fingerprint density at radius 1 is 1.40 bits per heavy atom. The molecule has 1 amide bonds. The fourth-order valence-electron chi connectivity index (χ4n) is 2.26. The van der Waals surface area contributed by atoms with Gasteiger partial charge in [0.05, 0.1) is 0 Å². The molecule has 1 aliphatic rings. The summed E-state index contributed by atoms with van der Waals surface area (Å²) < 4.78 is 0. The number of aromatic nitrogens is 2. The van der Waals surface area contributed by atoms with E-state index in [0.29, 0.717) is 6.42 Å². The lowest BCUT2D eigenvalue weighted by Crippen LogP contribution is -2.37. The molecule has 0 aromatic carbocycles. The predicted octanol–water partition coefficient (Wildman–Crippen LogP) is 0.674. The van der Waals surface area contributed by atoms with Crippen LogP contribution in [0.25, 0.3) is 0 Å². The van der Waals surface area contributed by atoms with E-state index < -0.39 is 0 Å². The number of halogens is 1. The Bertz CT molecular complexity index is 414. The lowest BCUT2D eigenvalue weighted by Gasteiger charge is -2.23. The Balaban J connectivity index is 0.00000200. The maximum absolute atomic E-state index is 12.0. The molecule has 2 rings (SSSR count). The average molecular weight is 300 g/mol. The Morgan fingerprint density at radius 2 is 2.20 bits per heavy atom. The van der Waals surface area contributed by atoms with E-state index in [1.54, 1.807) is 6.20 Å². The smallest absolute Gasteiger partial charge is 0.224 e.